The number of benzene rings is 2. The van der Waals surface area contributed by atoms with Crippen molar-refractivity contribution < 1.29 is 33.3 Å². The van der Waals surface area contributed by atoms with Crippen LogP contribution in [-0.4, -0.2) is 89.3 Å². The number of amides is 3. The third-order valence-electron chi connectivity index (χ3n) is 10.9. The molecule has 0 bridgehead atoms. The van der Waals surface area contributed by atoms with E-state index in [1.807, 2.05) is 64.9 Å². The van der Waals surface area contributed by atoms with Crippen LogP contribution >= 0.6 is 11.3 Å². The maximum atomic E-state index is 14.8. The lowest BCUT2D eigenvalue weighted by Gasteiger charge is -2.32. The van der Waals surface area contributed by atoms with E-state index in [-0.39, 0.29) is 37.4 Å². The molecular formula is C43H51N5O7S. The second-order valence-electron chi connectivity index (χ2n) is 15.1. The number of allylic oxidation sites excluding steroid dienone is 1. The summed E-state index contributed by atoms with van der Waals surface area (Å²) >= 11 is 1.53. The van der Waals surface area contributed by atoms with Crippen molar-refractivity contribution in [1.82, 2.24) is 25.1 Å². The van der Waals surface area contributed by atoms with Gasteiger partial charge < -0.3 is 34.1 Å². The average Bonchev–Trinajstić information content (AvgIpc) is 3.48. The van der Waals surface area contributed by atoms with E-state index in [1.54, 1.807) is 26.0 Å². The number of fused-ring (bicyclic) bond motifs is 3. The number of carbonyl (C=O) groups is 3. The number of esters is 1. The molecule has 3 aliphatic rings. The monoisotopic (exact) mass is 781 g/mol. The molecule has 4 atom stereocenters. The Morgan fingerprint density at radius 1 is 1.02 bits per heavy atom. The average molecular weight is 782 g/mol. The summed E-state index contributed by atoms with van der Waals surface area (Å²) in [5.74, 6) is 1.19. The van der Waals surface area contributed by atoms with E-state index in [9.17, 15) is 14.4 Å². The molecule has 12 nitrogen and oxygen atoms in total. The normalized spacial score (nSPS) is 22.9. The predicted molar refractivity (Wildman–Crippen MR) is 215 cm³/mol. The van der Waals surface area contributed by atoms with Crippen LogP contribution in [0.15, 0.2) is 66.1 Å². The Labute approximate surface area is 332 Å². The topological polar surface area (TPSA) is 132 Å². The zero-order valence-electron chi connectivity index (χ0n) is 32.8. The number of carbonyl (C=O) groups excluding carboxylic acids is 3. The molecule has 1 N–H and O–H groups in total. The molecule has 2 fully saturated rings. The molecule has 7 rings (SSSR count). The number of ether oxygens (including phenoxy) is 4. The van der Waals surface area contributed by atoms with Crippen molar-refractivity contribution in [3.63, 3.8) is 0 Å². The van der Waals surface area contributed by atoms with E-state index < -0.39 is 29.6 Å². The van der Waals surface area contributed by atoms with Crippen LogP contribution in [0.25, 0.3) is 21.6 Å². The van der Waals surface area contributed by atoms with Gasteiger partial charge in [-0.25, -0.2) is 19.6 Å². The van der Waals surface area contributed by atoms with Crippen LogP contribution in [0, 0.1) is 5.92 Å². The van der Waals surface area contributed by atoms with Crippen LogP contribution in [0.4, 0.5) is 4.79 Å². The minimum Gasteiger partial charge on any atom is -0.497 e. The third kappa shape index (κ3) is 8.33. The summed E-state index contributed by atoms with van der Waals surface area (Å²) in [4.78, 5) is 55.9. The van der Waals surface area contributed by atoms with Crippen molar-refractivity contribution in [3.8, 4) is 28.0 Å². The molecule has 56 heavy (non-hydrogen) atoms. The Balaban J connectivity index is 1.24. The Morgan fingerprint density at radius 2 is 1.80 bits per heavy atom. The highest BCUT2D eigenvalue weighted by atomic mass is 32.1. The molecule has 0 radical (unpaired) electrons. The van der Waals surface area contributed by atoms with Gasteiger partial charge in [-0.2, -0.15) is 0 Å². The zero-order chi connectivity index (χ0) is 39.4. The molecule has 4 heterocycles. The first-order chi connectivity index (χ1) is 27.1. The van der Waals surface area contributed by atoms with E-state index in [0.717, 1.165) is 53.1 Å². The fraction of sp³-hybridized carbons (Fsp3) is 0.465. The summed E-state index contributed by atoms with van der Waals surface area (Å²) in [7, 11) is 3.24. The minimum absolute atomic E-state index is 0.163. The Hall–Kier alpha value is -5.17. The first-order valence-corrected chi connectivity index (χ1v) is 20.5. The van der Waals surface area contributed by atoms with Crippen molar-refractivity contribution >= 4 is 40.1 Å². The molecule has 0 spiro atoms. The molecule has 1 aliphatic carbocycles. The van der Waals surface area contributed by atoms with E-state index in [2.05, 4.69) is 25.2 Å². The Kier molecular flexibility index (Phi) is 11.8. The van der Waals surface area contributed by atoms with Gasteiger partial charge in [0.15, 0.2) is 0 Å². The number of hydrogen-bond acceptors (Lipinski definition) is 10. The first-order valence-electron chi connectivity index (χ1n) is 19.6. The van der Waals surface area contributed by atoms with Gasteiger partial charge in [0, 0.05) is 48.3 Å². The largest absolute Gasteiger partial charge is 0.497 e. The second kappa shape index (κ2) is 16.9. The van der Waals surface area contributed by atoms with Gasteiger partial charge in [-0.1, -0.05) is 44.6 Å². The van der Waals surface area contributed by atoms with Gasteiger partial charge in [0.25, 0.3) is 0 Å². The molecule has 4 unspecified atom stereocenters. The van der Waals surface area contributed by atoms with Crippen molar-refractivity contribution in [2.75, 3.05) is 33.9 Å². The van der Waals surface area contributed by atoms with Gasteiger partial charge in [-0.3, -0.25) is 4.79 Å². The fourth-order valence-electron chi connectivity index (χ4n) is 7.59. The van der Waals surface area contributed by atoms with Gasteiger partial charge in [0.1, 0.15) is 45.6 Å². The van der Waals surface area contributed by atoms with E-state index in [0.29, 0.717) is 42.2 Å². The van der Waals surface area contributed by atoms with Crippen molar-refractivity contribution in [3.05, 3.63) is 77.3 Å². The SMILES string of the molecule is CCOC(=O)C12CC1C=CCCCCCN(Cc1ccc(OC)cc1)C(=O)N1CC(Oc3cc(-c4nc(C(C)C)cs4)nc4cc(OC)ccc34)CC1C(=O)N2. The fourth-order valence-corrected chi connectivity index (χ4v) is 8.53. The molecule has 2 aromatic carbocycles. The zero-order valence-corrected chi connectivity index (χ0v) is 33.6. The van der Waals surface area contributed by atoms with Gasteiger partial charge in [-0.05, 0) is 68.4 Å². The molecule has 1 saturated heterocycles. The maximum absolute atomic E-state index is 14.8. The minimum atomic E-state index is -1.17. The summed E-state index contributed by atoms with van der Waals surface area (Å²) in [6.45, 7) is 7.21. The quantitative estimate of drug-likeness (QED) is 0.128. The Bertz CT molecular complexity index is 2080. The number of thiazole rings is 1. The van der Waals surface area contributed by atoms with Gasteiger partial charge in [-0.15, -0.1) is 11.3 Å². The van der Waals surface area contributed by atoms with Gasteiger partial charge >= 0.3 is 12.0 Å². The number of hydrogen-bond donors (Lipinski definition) is 1. The van der Waals surface area contributed by atoms with E-state index >= 15 is 0 Å². The van der Waals surface area contributed by atoms with Crippen LogP contribution in [0.5, 0.6) is 17.2 Å². The predicted octanol–water partition coefficient (Wildman–Crippen LogP) is 7.51. The number of aromatic nitrogens is 2. The van der Waals surface area contributed by atoms with Crippen molar-refractivity contribution in [1.29, 1.82) is 0 Å². The highest BCUT2D eigenvalue weighted by Gasteiger charge is 2.62. The molecule has 13 heteroatoms. The summed E-state index contributed by atoms with van der Waals surface area (Å²) in [5.41, 5.74) is 2.10. The number of rotatable bonds is 10. The molecule has 4 aromatic rings. The standard InChI is InChI=1S/C43H51N5O7S/c1-6-54-41(50)43-23-29(43)12-10-8-7-9-11-19-47(24-28-13-15-30(52-4)16-14-28)42(51)48-25-32(21-37(48)39(49)46-43)55-38-22-35(40-45-36(26-56-40)27(2)3)44-34-20-31(53-5)17-18-33(34)38/h10,12-18,20,22,26-27,29,32,37H,6-9,11,19,21,23-25H2,1-5H3,(H,46,49). The first kappa shape index (κ1) is 39.1. The molecule has 3 amide bonds. The van der Waals surface area contributed by atoms with Crippen molar-refractivity contribution in [2.24, 2.45) is 5.92 Å². The summed E-state index contributed by atoms with van der Waals surface area (Å²) in [6.07, 6.45) is 7.78. The van der Waals surface area contributed by atoms with Crippen molar-refractivity contribution in [2.45, 2.75) is 89.4 Å². The summed E-state index contributed by atoms with van der Waals surface area (Å²) in [6, 6.07) is 14.1. The lowest BCUT2D eigenvalue weighted by atomic mass is 10.1. The van der Waals surface area contributed by atoms with Crippen LogP contribution < -0.4 is 19.5 Å². The number of nitrogens with zero attached hydrogens (tertiary/aromatic N) is 4. The molecule has 2 aliphatic heterocycles. The van der Waals surface area contributed by atoms with Crippen LogP contribution in [0.1, 0.15) is 76.5 Å². The molecule has 2 aromatic heterocycles. The molecule has 296 valence electrons. The smallest absolute Gasteiger partial charge is 0.332 e. The van der Waals surface area contributed by atoms with Crippen LogP contribution in [0.2, 0.25) is 0 Å². The number of nitrogens with one attached hydrogen (secondary N) is 1. The van der Waals surface area contributed by atoms with E-state index in [4.69, 9.17) is 28.9 Å². The lowest BCUT2D eigenvalue weighted by Crippen LogP contribution is -2.55. The van der Waals surface area contributed by atoms with Gasteiger partial charge in [0.2, 0.25) is 5.91 Å². The van der Waals surface area contributed by atoms with Gasteiger partial charge in [0.05, 0.1) is 38.6 Å². The maximum Gasteiger partial charge on any atom is 0.332 e. The van der Waals surface area contributed by atoms with Crippen LogP contribution in [0.3, 0.4) is 0 Å². The second-order valence-corrected chi connectivity index (χ2v) is 15.9. The highest BCUT2D eigenvalue weighted by Crippen LogP contribution is 2.46. The molecular weight excluding hydrogens is 731 g/mol. The Morgan fingerprint density at radius 3 is 2.54 bits per heavy atom. The summed E-state index contributed by atoms with van der Waals surface area (Å²) in [5, 5.41) is 6.66. The number of pyridine rings is 1. The number of methoxy groups -OCH3 is 2. The highest BCUT2D eigenvalue weighted by molar-refractivity contribution is 7.13. The molecule has 1 saturated carbocycles. The summed E-state index contributed by atoms with van der Waals surface area (Å²) < 4.78 is 23.2. The number of urea groups is 1. The lowest BCUT2D eigenvalue weighted by molar-refractivity contribution is -0.149. The van der Waals surface area contributed by atoms with Crippen LogP contribution in [-0.2, 0) is 20.9 Å². The third-order valence-corrected chi connectivity index (χ3v) is 11.8. The van der Waals surface area contributed by atoms with E-state index in [1.165, 1.54) is 11.3 Å².